The van der Waals surface area contributed by atoms with Gasteiger partial charge in [-0.15, -0.1) is 0 Å². The third-order valence-electron chi connectivity index (χ3n) is 9.54. The zero-order chi connectivity index (χ0) is 35.8. The molecule has 0 bridgehead atoms. The number of likely N-dealkylation sites (N-methyl/N-ethyl adjacent to an activating group) is 1. The Kier molecular flexibility index (Phi) is 11.8. The summed E-state index contributed by atoms with van der Waals surface area (Å²) in [5.41, 5.74) is -0.732. The highest BCUT2D eigenvalue weighted by atomic mass is 35.5. The fourth-order valence-corrected chi connectivity index (χ4v) is 10.9. The zero-order valence-electron chi connectivity index (χ0n) is 27.9. The number of nitrogens with zero attached hydrogens (tertiary/aromatic N) is 4. The molecule has 4 aromatic rings. The first-order valence-corrected chi connectivity index (χ1v) is 20.6. The predicted octanol–water partition coefficient (Wildman–Crippen LogP) is 8.58. The van der Waals surface area contributed by atoms with Crippen LogP contribution >= 0.6 is 46.4 Å². The summed E-state index contributed by atoms with van der Waals surface area (Å²) in [6.45, 7) is 5.12. The average Bonchev–Trinajstić information content (AvgIpc) is 3.68. The molecule has 2 heterocycles. The van der Waals surface area contributed by atoms with E-state index in [1.54, 1.807) is 34.6 Å². The quantitative estimate of drug-likeness (QED) is 0.169. The first-order valence-electron chi connectivity index (χ1n) is 16.1. The molecule has 0 unspecified atom stereocenters. The second-order valence-corrected chi connectivity index (χ2v) is 18.7. The number of aromatic nitrogens is 2. The summed E-state index contributed by atoms with van der Waals surface area (Å²) in [5.74, 6) is 0. The van der Waals surface area contributed by atoms with Crippen molar-refractivity contribution in [3.05, 3.63) is 69.1 Å². The van der Waals surface area contributed by atoms with Crippen LogP contribution in [0.4, 0.5) is 0 Å². The Morgan fingerprint density at radius 3 is 1.67 bits per heavy atom. The molecule has 2 aliphatic carbocycles. The molecule has 2 aromatic heterocycles. The van der Waals surface area contributed by atoms with Gasteiger partial charge < -0.3 is 4.90 Å². The monoisotopic (exact) mass is 787 g/mol. The Hall–Kier alpha value is -1.80. The molecule has 1 N–H and O–H groups in total. The largest absolute Gasteiger partial charge is 0.308 e. The molecule has 2 fully saturated rings. The number of sulfonamides is 2. The first kappa shape index (κ1) is 38.4. The second kappa shape index (κ2) is 15.0. The highest BCUT2D eigenvalue weighted by molar-refractivity contribution is 7.89. The number of fused-ring (bicyclic) bond motifs is 2. The lowest BCUT2D eigenvalue weighted by Crippen LogP contribution is -2.50. The SMILES string of the molecule is CC1(NS(=O)(=O)c2ccc3c(Cl)cnc(Cl)c3c2)CCCC1.CN(C)CCN(C1(C)CCCC1)S(=O)(=O)c1ccc2c(Cl)cnc(Cl)c2c1. The summed E-state index contributed by atoms with van der Waals surface area (Å²) < 4.78 is 56.9. The lowest BCUT2D eigenvalue weighted by Gasteiger charge is -2.38. The van der Waals surface area contributed by atoms with E-state index in [2.05, 4.69) is 21.6 Å². The molecule has 2 aliphatic rings. The maximum Gasteiger partial charge on any atom is 0.243 e. The molecule has 9 nitrogen and oxygen atoms in total. The number of benzene rings is 2. The zero-order valence-corrected chi connectivity index (χ0v) is 32.6. The van der Waals surface area contributed by atoms with Crippen LogP contribution in [0.2, 0.25) is 20.4 Å². The van der Waals surface area contributed by atoms with Gasteiger partial charge in [0.15, 0.2) is 0 Å². The van der Waals surface area contributed by atoms with Crippen molar-refractivity contribution in [1.82, 2.24) is 23.9 Å². The maximum absolute atomic E-state index is 13.6. The van der Waals surface area contributed by atoms with Gasteiger partial charge in [0.1, 0.15) is 10.3 Å². The van der Waals surface area contributed by atoms with Gasteiger partial charge in [0.05, 0.1) is 19.8 Å². The standard InChI is InChI=1S/C19H25Cl2N3O2S.C15H16Cl2N2O2S/c1-19(8-4-5-9-19)24(11-10-23(2)3)27(25,26)14-6-7-15-16(12-14)18(21)22-13-17(15)20;1-15(6-2-3-7-15)19-22(20,21)10-4-5-11-12(8-10)14(17)18-9-13(11)16/h6-7,12-13H,4-5,8-11H2,1-3H3;4-5,8-9,19H,2-3,6-7H2,1H3. The van der Waals surface area contributed by atoms with Crippen LogP contribution in [0.25, 0.3) is 21.5 Å². The van der Waals surface area contributed by atoms with Crippen LogP contribution in [0.3, 0.4) is 0 Å². The minimum Gasteiger partial charge on any atom is -0.308 e. The molecule has 266 valence electrons. The number of pyridine rings is 2. The van der Waals surface area contributed by atoms with E-state index < -0.39 is 20.0 Å². The van der Waals surface area contributed by atoms with Crippen LogP contribution in [0.5, 0.6) is 0 Å². The third kappa shape index (κ3) is 8.47. The lowest BCUT2D eigenvalue weighted by molar-refractivity contribution is 0.195. The van der Waals surface area contributed by atoms with Gasteiger partial charge in [0.2, 0.25) is 20.0 Å². The smallest absolute Gasteiger partial charge is 0.243 e. The van der Waals surface area contributed by atoms with E-state index in [-0.39, 0.29) is 31.2 Å². The van der Waals surface area contributed by atoms with Gasteiger partial charge in [-0.05, 0) is 77.9 Å². The Morgan fingerprint density at radius 2 is 1.16 bits per heavy atom. The van der Waals surface area contributed by atoms with Crippen molar-refractivity contribution in [2.24, 2.45) is 0 Å². The molecule has 0 amide bonds. The average molecular weight is 790 g/mol. The highest BCUT2D eigenvalue weighted by Gasteiger charge is 2.42. The first-order chi connectivity index (χ1) is 23.0. The van der Waals surface area contributed by atoms with Crippen LogP contribution in [-0.4, -0.2) is 74.3 Å². The van der Waals surface area contributed by atoms with Crippen molar-refractivity contribution in [2.45, 2.75) is 86.1 Å². The van der Waals surface area contributed by atoms with E-state index in [0.717, 1.165) is 51.4 Å². The summed E-state index contributed by atoms with van der Waals surface area (Å²) >= 11 is 24.5. The summed E-state index contributed by atoms with van der Waals surface area (Å²) in [5, 5.41) is 3.85. The van der Waals surface area contributed by atoms with Gasteiger partial charge in [-0.3, -0.25) is 0 Å². The Balaban J connectivity index is 0.000000195. The molecule has 0 radical (unpaired) electrons. The van der Waals surface area contributed by atoms with E-state index in [0.29, 0.717) is 44.7 Å². The summed E-state index contributed by atoms with van der Waals surface area (Å²) in [7, 11) is -3.39. The van der Waals surface area contributed by atoms with E-state index in [1.165, 1.54) is 18.5 Å². The van der Waals surface area contributed by atoms with Crippen molar-refractivity contribution in [2.75, 3.05) is 27.2 Å². The summed E-state index contributed by atoms with van der Waals surface area (Å²) in [6.07, 6.45) is 10.6. The van der Waals surface area contributed by atoms with Gasteiger partial charge in [-0.2, -0.15) is 4.31 Å². The minimum absolute atomic E-state index is 0.180. The van der Waals surface area contributed by atoms with Gasteiger partial charge in [0, 0.05) is 58.1 Å². The number of hydrogen-bond acceptors (Lipinski definition) is 7. The van der Waals surface area contributed by atoms with Gasteiger partial charge >= 0.3 is 0 Å². The van der Waals surface area contributed by atoms with E-state index in [9.17, 15) is 16.8 Å². The van der Waals surface area contributed by atoms with Gasteiger partial charge in [-0.25, -0.2) is 31.5 Å². The Morgan fingerprint density at radius 1 is 0.694 bits per heavy atom. The van der Waals surface area contributed by atoms with Crippen molar-refractivity contribution >= 4 is 88.0 Å². The molecule has 0 atom stereocenters. The summed E-state index contributed by atoms with van der Waals surface area (Å²) in [4.78, 5) is 10.4. The van der Waals surface area contributed by atoms with E-state index in [4.69, 9.17) is 46.4 Å². The van der Waals surface area contributed by atoms with Crippen LogP contribution in [0.15, 0.2) is 58.6 Å². The number of halogens is 4. The van der Waals surface area contributed by atoms with Gasteiger partial charge in [0.25, 0.3) is 0 Å². The van der Waals surface area contributed by atoms with Crippen LogP contribution in [0, 0.1) is 0 Å². The van der Waals surface area contributed by atoms with E-state index in [1.807, 2.05) is 25.9 Å². The molecule has 0 aliphatic heterocycles. The van der Waals surface area contributed by atoms with Crippen molar-refractivity contribution in [3.63, 3.8) is 0 Å². The Labute approximate surface area is 309 Å². The Bertz CT molecular complexity index is 2070. The molecule has 49 heavy (non-hydrogen) atoms. The van der Waals surface area contributed by atoms with Crippen LogP contribution in [-0.2, 0) is 20.0 Å². The van der Waals surface area contributed by atoms with Crippen LogP contribution < -0.4 is 4.72 Å². The predicted molar refractivity (Wildman–Crippen MR) is 200 cm³/mol. The molecular weight excluding hydrogens is 748 g/mol. The molecule has 0 spiro atoms. The molecule has 15 heteroatoms. The molecular formula is C34H41Cl4N5O4S2. The van der Waals surface area contributed by atoms with Crippen molar-refractivity contribution in [1.29, 1.82) is 0 Å². The normalized spacial score (nSPS) is 17.6. The topological polar surface area (TPSA) is 113 Å². The minimum atomic E-state index is -3.68. The maximum atomic E-state index is 13.6. The van der Waals surface area contributed by atoms with Crippen LogP contribution in [0.1, 0.15) is 65.2 Å². The number of nitrogens with one attached hydrogen (secondary N) is 1. The molecule has 2 aromatic carbocycles. The molecule has 2 saturated carbocycles. The molecule has 0 saturated heterocycles. The fraction of sp³-hybridized carbons (Fsp3) is 0.471. The van der Waals surface area contributed by atoms with Crippen molar-refractivity contribution < 1.29 is 16.8 Å². The number of hydrogen-bond donors (Lipinski definition) is 1. The fourth-order valence-electron chi connectivity index (χ4n) is 6.76. The van der Waals surface area contributed by atoms with E-state index >= 15 is 0 Å². The second-order valence-electron chi connectivity index (χ2n) is 13.7. The third-order valence-corrected chi connectivity index (χ3v) is 14.4. The lowest BCUT2D eigenvalue weighted by atomic mass is 10.0. The van der Waals surface area contributed by atoms with Gasteiger partial charge in [-0.1, -0.05) is 84.2 Å². The van der Waals surface area contributed by atoms with Crippen molar-refractivity contribution in [3.8, 4) is 0 Å². The molecule has 6 rings (SSSR count). The number of rotatable bonds is 9. The highest BCUT2D eigenvalue weighted by Crippen LogP contribution is 2.39. The summed E-state index contributed by atoms with van der Waals surface area (Å²) in [6, 6.07) is 9.64.